The van der Waals surface area contributed by atoms with Crippen molar-refractivity contribution in [2.45, 2.75) is 13.5 Å². The van der Waals surface area contributed by atoms with Crippen molar-refractivity contribution in [2.75, 3.05) is 7.11 Å². The van der Waals surface area contributed by atoms with Crippen LogP contribution < -0.4 is 10.1 Å². The number of carbonyl (C=O) groups is 1. The van der Waals surface area contributed by atoms with Gasteiger partial charge in [0.2, 0.25) is 0 Å². The van der Waals surface area contributed by atoms with Gasteiger partial charge in [0.15, 0.2) is 5.82 Å². The van der Waals surface area contributed by atoms with Gasteiger partial charge in [-0.15, -0.1) is 0 Å². The number of benzene rings is 2. The molecule has 24 heavy (non-hydrogen) atoms. The Morgan fingerprint density at radius 1 is 1.21 bits per heavy atom. The summed E-state index contributed by atoms with van der Waals surface area (Å²) < 4.78 is 10.3. The normalized spacial score (nSPS) is 10.4. The van der Waals surface area contributed by atoms with Crippen LogP contribution in [0.2, 0.25) is 0 Å². The lowest BCUT2D eigenvalue weighted by atomic mass is 10.1. The van der Waals surface area contributed by atoms with Gasteiger partial charge >= 0.3 is 0 Å². The van der Waals surface area contributed by atoms with Gasteiger partial charge in [0.05, 0.1) is 13.7 Å². The molecule has 0 spiro atoms. The monoisotopic (exact) mass is 323 g/mol. The molecule has 0 saturated heterocycles. The minimum atomic E-state index is -0.172. The molecule has 0 unspecified atom stereocenters. The highest BCUT2D eigenvalue weighted by Gasteiger charge is 2.11. The molecule has 3 aromatic rings. The van der Waals surface area contributed by atoms with Crippen LogP contribution in [0.15, 0.2) is 53.1 Å². The predicted octanol–water partition coefficient (Wildman–Crippen LogP) is 2.98. The number of aromatic nitrogens is 2. The molecule has 1 aromatic heterocycles. The minimum Gasteiger partial charge on any atom is -0.497 e. The Labute approximate surface area is 139 Å². The van der Waals surface area contributed by atoms with Crippen molar-refractivity contribution >= 4 is 5.91 Å². The molecule has 2 aromatic carbocycles. The van der Waals surface area contributed by atoms with E-state index in [4.69, 9.17) is 9.26 Å². The van der Waals surface area contributed by atoms with Crippen LogP contribution in [0.5, 0.6) is 5.75 Å². The zero-order chi connectivity index (χ0) is 16.9. The molecule has 0 atom stereocenters. The van der Waals surface area contributed by atoms with Crippen LogP contribution in [0.1, 0.15) is 21.7 Å². The van der Waals surface area contributed by atoms with Crippen LogP contribution in [-0.4, -0.2) is 23.2 Å². The third-order valence-electron chi connectivity index (χ3n) is 3.49. The van der Waals surface area contributed by atoms with Crippen molar-refractivity contribution in [3.8, 4) is 17.2 Å². The molecule has 1 N–H and O–H groups in total. The summed E-state index contributed by atoms with van der Waals surface area (Å²) >= 11 is 0. The summed E-state index contributed by atoms with van der Waals surface area (Å²) in [4.78, 5) is 16.4. The highest BCUT2D eigenvalue weighted by molar-refractivity contribution is 5.94. The Balaban J connectivity index is 1.64. The zero-order valence-corrected chi connectivity index (χ0v) is 13.4. The van der Waals surface area contributed by atoms with Gasteiger partial charge < -0.3 is 14.6 Å². The van der Waals surface area contributed by atoms with E-state index in [0.29, 0.717) is 17.3 Å². The van der Waals surface area contributed by atoms with E-state index in [1.807, 2.05) is 49.4 Å². The number of aryl methyl sites for hydroxylation is 1. The standard InChI is InChI=1S/C18H17N3O3/c1-12-4-3-5-14(10-12)17(22)19-11-16-20-18(24-21-16)13-6-8-15(23-2)9-7-13/h3-10H,11H2,1-2H3,(H,19,22). The van der Waals surface area contributed by atoms with E-state index in [1.165, 1.54) is 0 Å². The molecule has 0 aliphatic carbocycles. The number of methoxy groups -OCH3 is 1. The topological polar surface area (TPSA) is 77.2 Å². The van der Waals surface area contributed by atoms with Crippen molar-refractivity contribution in [1.29, 1.82) is 0 Å². The van der Waals surface area contributed by atoms with Gasteiger partial charge in [-0.3, -0.25) is 4.79 Å². The van der Waals surface area contributed by atoms with E-state index < -0.39 is 0 Å². The van der Waals surface area contributed by atoms with Crippen molar-refractivity contribution < 1.29 is 14.1 Å². The van der Waals surface area contributed by atoms with Crippen molar-refractivity contribution in [1.82, 2.24) is 15.5 Å². The van der Waals surface area contributed by atoms with Crippen LogP contribution >= 0.6 is 0 Å². The second-order valence-electron chi connectivity index (χ2n) is 5.30. The molecule has 0 aliphatic heterocycles. The number of nitrogens with zero attached hydrogens (tertiary/aromatic N) is 2. The Hall–Kier alpha value is -3.15. The third kappa shape index (κ3) is 3.60. The number of ether oxygens (including phenoxy) is 1. The molecule has 6 heteroatoms. The van der Waals surface area contributed by atoms with Gasteiger partial charge in [0.1, 0.15) is 5.75 Å². The van der Waals surface area contributed by atoms with E-state index in [1.54, 1.807) is 13.2 Å². The summed E-state index contributed by atoms with van der Waals surface area (Å²) in [5, 5.41) is 6.67. The van der Waals surface area contributed by atoms with Crippen LogP contribution in [0.25, 0.3) is 11.5 Å². The number of nitrogens with one attached hydrogen (secondary N) is 1. The van der Waals surface area contributed by atoms with Crippen LogP contribution in [-0.2, 0) is 6.54 Å². The maximum absolute atomic E-state index is 12.1. The molecule has 0 fully saturated rings. The van der Waals surface area contributed by atoms with Gasteiger partial charge in [-0.05, 0) is 43.3 Å². The fraction of sp³-hybridized carbons (Fsp3) is 0.167. The molecule has 6 nitrogen and oxygen atoms in total. The van der Waals surface area contributed by atoms with Crippen molar-refractivity contribution in [2.24, 2.45) is 0 Å². The molecule has 0 saturated carbocycles. The Morgan fingerprint density at radius 2 is 2.00 bits per heavy atom. The van der Waals surface area contributed by atoms with E-state index in [-0.39, 0.29) is 12.5 Å². The quantitative estimate of drug-likeness (QED) is 0.781. The lowest BCUT2D eigenvalue weighted by molar-refractivity contribution is 0.0949. The molecule has 1 heterocycles. The van der Waals surface area contributed by atoms with Gasteiger partial charge in [-0.1, -0.05) is 22.9 Å². The Bertz CT molecular complexity index is 841. The van der Waals surface area contributed by atoms with Crippen molar-refractivity contribution in [3.05, 3.63) is 65.5 Å². The third-order valence-corrected chi connectivity index (χ3v) is 3.49. The summed E-state index contributed by atoms with van der Waals surface area (Å²) in [6.07, 6.45) is 0. The summed E-state index contributed by atoms with van der Waals surface area (Å²) in [5.41, 5.74) is 2.43. The number of carbonyl (C=O) groups excluding carboxylic acids is 1. The number of amides is 1. The highest BCUT2D eigenvalue weighted by atomic mass is 16.5. The summed E-state index contributed by atoms with van der Waals surface area (Å²) in [7, 11) is 1.61. The maximum Gasteiger partial charge on any atom is 0.257 e. The lowest BCUT2D eigenvalue weighted by Crippen LogP contribution is -2.23. The molecule has 0 bridgehead atoms. The summed E-state index contributed by atoms with van der Waals surface area (Å²) in [6, 6.07) is 14.7. The van der Waals surface area contributed by atoms with E-state index in [0.717, 1.165) is 16.9 Å². The lowest BCUT2D eigenvalue weighted by Gasteiger charge is -2.03. The van der Waals surface area contributed by atoms with E-state index in [2.05, 4.69) is 15.5 Å². The molecular weight excluding hydrogens is 306 g/mol. The zero-order valence-electron chi connectivity index (χ0n) is 13.4. The fourth-order valence-electron chi connectivity index (χ4n) is 2.22. The first-order valence-electron chi connectivity index (χ1n) is 7.47. The summed E-state index contributed by atoms with van der Waals surface area (Å²) in [5.74, 6) is 1.40. The van der Waals surface area contributed by atoms with Crippen molar-refractivity contribution in [3.63, 3.8) is 0 Å². The van der Waals surface area contributed by atoms with Crippen LogP contribution in [0.4, 0.5) is 0 Å². The van der Waals surface area contributed by atoms with E-state index in [9.17, 15) is 4.79 Å². The molecule has 1 amide bonds. The molecule has 0 aliphatic rings. The predicted molar refractivity (Wildman–Crippen MR) is 88.6 cm³/mol. The number of rotatable bonds is 5. The van der Waals surface area contributed by atoms with Gasteiger partial charge in [0, 0.05) is 11.1 Å². The first-order valence-corrected chi connectivity index (χ1v) is 7.47. The smallest absolute Gasteiger partial charge is 0.257 e. The first-order chi connectivity index (χ1) is 11.7. The molecule has 3 rings (SSSR count). The largest absolute Gasteiger partial charge is 0.497 e. The van der Waals surface area contributed by atoms with Gasteiger partial charge in [-0.2, -0.15) is 4.98 Å². The fourth-order valence-corrected chi connectivity index (χ4v) is 2.22. The average Bonchev–Trinajstić information content (AvgIpc) is 3.09. The Morgan fingerprint density at radius 3 is 2.71 bits per heavy atom. The SMILES string of the molecule is COc1ccc(-c2nc(CNC(=O)c3cccc(C)c3)no2)cc1. The van der Waals surface area contributed by atoms with Crippen LogP contribution in [0.3, 0.4) is 0 Å². The van der Waals surface area contributed by atoms with Crippen LogP contribution in [0, 0.1) is 6.92 Å². The number of hydrogen-bond donors (Lipinski definition) is 1. The van der Waals surface area contributed by atoms with Gasteiger partial charge in [-0.25, -0.2) is 0 Å². The molecule has 0 radical (unpaired) electrons. The molecular formula is C18H17N3O3. The highest BCUT2D eigenvalue weighted by Crippen LogP contribution is 2.20. The Kier molecular flexibility index (Phi) is 4.56. The second kappa shape index (κ2) is 6.95. The second-order valence-corrected chi connectivity index (χ2v) is 5.30. The average molecular weight is 323 g/mol. The summed E-state index contributed by atoms with van der Waals surface area (Å²) in [6.45, 7) is 2.14. The van der Waals surface area contributed by atoms with E-state index >= 15 is 0 Å². The molecule has 122 valence electrons. The van der Waals surface area contributed by atoms with Gasteiger partial charge in [0.25, 0.3) is 11.8 Å². The maximum atomic E-state index is 12.1. The minimum absolute atomic E-state index is 0.172. The first kappa shape index (κ1) is 15.7. The number of hydrogen-bond acceptors (Lipinski definition) is 5.